The maximum absolute atomic E-state index is 13.7. The number of piperidine rings is 1. The van der Waals surface area contributed by atoms with Gasteiger partial charge < -0.3 is 19.5 Å². The maximum Gasteiger partial charge on any atom is 0.424 e. The van der Waals surface area contributed by atoms with Crippen molar-refractivity contribution in [3.63, 3.8) is 0 Å². The quantitative estimate of drug-likeness (QED) is 0.125. The normalized spacial score (nSPS) is 14.0. The van der Waals surface area contributed by atoms with Crippen molar-refractivity contribution in [3.8, 4) is 16.9 Å². The van der Waals surface area contributed by atoms with Gasteiger partial charge in [0.05, 0.1) is 23.6 Å². The van der Waals surface area contributed by atoms with Gasteiger partial charge in [0.25, 0.3) is 5.95 Å². The van der Waals surface area contributed by atoms with Crippen molar-refractivity contribution in [2.45, 2.75) is 37.0 Å². The molecule has 13 nitrogen and oxygen atoms in total. The minimum atomic E-state index is -3.61. The number of benzene rings is 3. The second-order valence-electron chi connectivity index (χ2n) is 12.7. The highest BCUT2D eigenvalue weighted by atomic mass is 32.2. The Balaban J connectivity index is 1.24. The van der Waals surface area contributed by atoms with Gasteiger partial charge in [-0.3, -0.25) is 9.59 Å². The lowest BCUT2D eigenvalue weighted by atomic mass is 9.92. The van der Waals surface area contributed by atoms with E-state index in [0.717, 1.165) is 33.4 Å². The van der Waals surface area contributed by atoms with Crippen LogP contribution in [0, 0.1) is 11.7 Å². The number of hydrogen-bond acceptors (Lipinski definition) is 11. The molecule has 1 aliphatic heterocycles. The van der Waals surface area contributed by atoms with Gasteiger partial charge in [-0.25, -0.2) is 27.0 Å². The van der Waals surface area contributed by atoms with E-state index in [1.54, 1.807) is 31.3 Å². The molecule has 0 bridgehead atoms. The van der Waals surface area contributed by atoms with Crippen molar-refractivity contribution in [3.05, 3.63) is 102 Å². The molecule has 15 heteroatoms. The number of nitrogens with zero attached hydrogens (tertiary/aromatic N) is 4. The van der Waals surface area contributed by atoms with Crippen LogP contribution in [0.5, 0.6) is 5.75 Å². The summed E-state index contributed by atoms with van der Waals surface area (Å²) in [5.41, 5.74) is 3.63. The SMILES string of the molecule is COc1cc(S(C)(=O)=O)ccc1N(C(=O)OCOC(=O)C1CCNCC1)c1nc2ccc(-c3ccc(CC(=O)[C@H](C)c4ccc(F)cc4)cc3)cn2n1. The number of amides is 1. The highest BCUT2D eigenvalue weighted by Crippen LogP contribution is 2.35. The number of halogens is 1. The molecule has 1 aliphatic rings. The van der Waals surface area contributed by atoms with E-state index in [1.807, 2.05) is 30.3 Å². The number of carbonyl (C=O) groups is 3. The molecule has 0 unspecified atom stereocenters. The Morgan fingerprint density at radius 1 is 0.962 bits per heavy atom. The first-order valence-electron chi connectivity index (χ1n) is 16.9. The number of Topliss-reactive ketones (excluding diaryl/α,β-unsaturated/α-hetero) is 1. The van der Waals surface area contributed by atoms with Crippen LogP contribution in [0.2, 0.25) is 0 Å². The Hall–Kier alpha value is -5.67. The Morgan fingerprint density at radius 3 is 2.34 bits per heavy atom. The number of anilines is 2. The summed E-state index contributed by atoms with van der Waals surface area (Å²) in [6.07, 6.45) is 3.20. The molecule has 6 rings (SSSR count). The average Bonchev–Trinajstić information content (AvgIpc) is 3.58. The van der Waals surface area contributed by atoms with Crippen LogP contribution in [0.25, 0.3) is 16.8 Å². The zero-order valence-electron chi connectivity index (χ0n) is 29.3. The lowest BCUT2D eigenvalue weighted by Crippen LogP contribution is -2.34. The van der Waals surface area contributed by atoms with Gasteiger partial charge in [-0.05, 0) is 79.0 Å². The van der Waals surface area contributed by atoms with E-state index in [4.69, 9.17) is 14.2 Å². The van der Waals surface area contributed by atoms with Gasteiger partial charge >= 0.3 is 12.1 Å². The first-order chi connectivity index (χ1) is 25.4. The molecule has 1 saturated heterocycles. The molecule has 276 valence electrons. The number of ketones is 1. The van der Waals surface area contributed by atoms with Crippen molar-refractivity contribution in [1.29, 1.82) is 0 Å². The summed E-state index contributed by atoms with van der Waals surface area (Å²) < 4.78 is 55.5. The topological polar surface area (TPSA) is 158 Å². The molecule has 1 atom stereocenters. The predicted octanol–water partition coefficient (Wildman–Crippen LogP) is 5.64. The largest absolute Gasteiger partial charge is 0.495 e. The standard InChI is InChI=1S/C38H38FN5O8S/c1-24(26-8-11-30(39)12-9-26)33(45)20-25-4-6-27(7-5-25)29-10-15-35-41-37(42-43(35)22-29)44(32-14-13-31(53(3,48)49)21-34(32)50-2)38(47)52-23-51-36(46)28-16-18-40-19-17-28/h4-15,21-22,24,28,40H,16-20,23H2,1-3H3/t24-/m1/s1. The molecule has 0 spiro atoms. The molecule has 53 heavy (non-hydrogen) atoms. The van der Waals surface area contributed by atoms with Gasteiger partial charge in [0.1, 0.15) is 17.3 Å². The Kier molecular flexibility index (Phi) is 11.1. The molecule has 0 saturated carbocycles. The van der Waals surface area contributed by atoms with Crippen molar-refractivity contribution < 1.29 is 41.4 Å². The Labute approximate surface area is 305 Å². The number of nitrogens with one attached hydrogen (secondary N) is 1. The molecule has 2 aromatic heterocycles. The minimum absolute atomic E-state index is 0.00604. The van der Waals surface area contributed by atoms with E-state index >= 15 is 0 Å². The number of esters is 1. The zero-order valence-corrected chi connectivity index (χ0v) is 30.1. The average molecular weight is 744 g/mol. The van der Waals surface area contributed by atoms with Gasteiger partial charge in [0.15, 0.2) is 15.5 Å². The first-order valence-corrected chi connectivity index (χ1v) is 18.8. The number of sulfone groups is 1. The number of fused-ring (bicyclic) bond motifs is 1. The number of aromatic nitrogens is 3. The highest BCUT2D eigenvalue weighted by Gasteiger charge is 2.29. The second kappa shape index (κ2) is 15.9. The first kappa shape index (κ1) is 37.1. The number of carbonyl (C=O) groups excluding carboxylic acids is 3. The number of methoxy groups -OCH3 is 1. The number of hydrogen-bond donors (Lipinski definition) is 1. The highest BCUT2D eigenvalue weighted by molar-refractivity contribution is 7.90. The molecule has 0 aliphatic carbocycles. The molecule has 3 aromatic carbocycles. The molecular formula is C38H38FN5O8S. The van der Waals surface area contributed by atoms with Gasteiger partial charge in [-0.2, -0.15) is 4.98 Å². The predicted molar refractivity (Wildman–Crippen MR) is 193 cm³/mol. The lowest BCUT2D eigenvalue weighted by Gasteiger charge is -2.22. The number of pyridine rings is 1. The Morgan fingerprint density at radius 2 is 1.66 bits per heavy atom. The van der Waals surface area contributed by atoms with E-state index in [1.165, 1.54) is 42.0 Å². The number of ether oxygens (including phenoxy) is 3. The fraction of sp³-hybridized carbons (Fsp3) is 0.289. The van der Waals surface area contributed by atoms with E-state index in [9.17, 15) is 27.2 Å². The summed E-state index contributed by atoms with van der Waals surface area (Å²) >= 11 is 0. The summed E-state index contributed by atoms with van der Waals surface area (Å²) in [6.45, 7) is 2.51. The van der Waals surface area contributed by atoms with Crippen LogP contribution in [-0.4, -0.2) is 74.1 Å². The van der Waals surface area contributed by atoms with E-state index in [2.05, 4.69) is 15.4 Å². The molecule has 1 amide bonds. The molecule has 5 aromatic rings. The second-order valence-corrected chi connectivity index (χ2v) is 14.7. The molecule has 3 heterocycles. The van der Waals surface area contributed by atoms with Crippen LogP contribution in [0.3, 0.4) is 0 Å². The van der Waals surface area contributed by atoms with Crippen LogP contribution in [0.15, 0.2) is 90.0 Å². The smallest absolute Gasteiger partial charge is 0.424 e. The monoisotopic (exact) mass is 743 g/mol. The van der Waals surface area contributed by atoms with Crippen molar-refractivity contribution in [2.24, 2.45) is 5.92 Å². The summed E-state index contributed by atoms with van der Waals surface area (Å²) in [7, 11) is -2.29. The summed E-state index contributed by atoms with van der Waals surface area (Å²) in [4.78, 5) is 44.7. The van der Waals surface area contributed by atoms with Crippen molar-refractivity contribution in [1.82, 2.24) is 19.9 Å². The van der Waals surface area contributed by atoms with Gasteiger partial charge in [-0.15, -0.1) is 5.10 Å². The third-order valence-corrected chi connectivity index (χ3v) is 10.2. The molecule has 1 fully saturated rings. The summed E-state index contributed by atoms with van der Waals surface area (Å²) in [5, 5.41) is 7.72. The fourth-order valence-corrected chi connectivity index (χ4v) is 6.62. The van der Waals surface area contributed by atoms with Crippen LogP contribution >= 0.6 is 0 Å². The van der Waals surface area contributed by atoms with Gasteiger partial charge in [0, 0.05) is 36.4 Å². The molecule has 0 radical (unpaired) electrons. The minimum Gasteiger partial charge on any atom is -0.495 e. The number of rotatable bonds is 12. The van der Waals surface area contributed by atoms with E-state index < -0.39 is 28.7 Å². The summed E-state index contributed by atoms with van der Waals surface area (Å²) in [6, 6.07) is 20.9. The lowest BCUT2D eigenvalue weighted by molar-refractivity contribution is -0.157. The van der Waals surface area contributed by atoms with E-state index in [-0.39, 0.29) is 52.1 Å². The zero-order chi connectivity index (χ0) is 37.7. The third kappa shape index (κ3) is 8.69. The summed E-state index contributed by atoms with van der Waals surface area (Å²) in [5.74, 6) is -1.60. The third-order valence-electron chi connectivity index (χ3n) is 9.10. The Bertz CT molecular complexity index is 2240. The van der Waals surface area contributed by atoms with Crippen LogP contribution < -0.4 is 15.0 Å². The van der Waals surface area contributed by atoms with E-state index in [0.29, 0.717) is 31.6 Å². The van der Waals surface area contributed by atoms with Crippen molar-refractivity contribution >= 4 is 45.0 Å². The van der Waals surface area contributed by atoms with Gasteiger partial charge in [0.2, 0.25) is 6.79 Å². The van der Waals surface area contributed by atoms with Crippen LogP contribution in [-0.2, 0) is 35.3 Å². The maximum atomic E-state index is 13.7. The van der Waals surface area contributed by atoms with Gasteiger partial charge in [-0.1, -0.05) is 43.3 Å². The fourth-order valence-electron chi connectivity index (χ4n) is 5.98. The van der Waals surface area contributed by atoms with Crippen LogP contribution in [0.1, 0.15) is 36.8 Å². The van der Waals surface area contributed by atoms with Crippen LogP contribution in [0.4, 0.5) is 20.8 Å². The molecule has 1 N–H and O–H groups in total. The van der Waals surface area contributed by atoms with Crippen molar-refractivity contribution in [2.75, 3.05) is 38.1 Å². The molecular weight excluding hydrogens is 706 g/mol.